The zero-order chi connectivity index (χ0) is 16.9. The van der Waals surface area contributed by atoms with Crippen molar-refractivity contribution >= 4 is 21.8 Å². The molecule has 0 heterocycles. The fourth-order valence-corrected chi connectivity index (χ4v) is 2.94. The maximum absolute atomic E-state index is 12.2. The van der Waals surface area contributed by atoms with Crippen LogP contribution in [0.1, 0.15) is 11.1 Å². The zero-order valence-electron chi connectivity index (χ0n) is 13.2. The Morgan fingerprint density at radius 1 is 1.00 bits per heavy atom. The molecule has 2 aromatic rings. The van der Waals surface area contributed by atoms with Crippen LogP contribution < -0.4 is 14.2 Å². The number of benzene rings is 2. The molecule has 0 unspecified atom stereocenters. The monoisotopic (exact) mass is 333 g/mol. The Bertz CT molecular complexity index is 799. The molecule has 0 atom stereocenters. The van der Waals surface area contributed by atoms with Crippen LogP contribution in [-0.2, 0) is 10.0 Å². The smallest absolute Gasteiger partial charge is 0.255 e. The molecule has 0 bridgehead atoms. The van der Waals surface area contributed by atoms with E-state index in [1.807, 2.05) is 30.3 Å². The molecule has 0 saturated heterocycles. The number of aryl methyl sites for hydroxylation is 1. The van der Waals surface area contributed by atoms with Gasteiger partial charge in [-0.25, -0.2) is 8.42 Å². The second kappa shape index (κ2) is 7.19. The number of ether oxygens (including phenoxy) is 2. The molecule has 0 spiro atoms. The molecule has 2 rings (SSSR count). The van der Waals surface area contributed by atoms with E-state index in [-0.39, 0.29) is 0 Å². The third-order valence-electron chi connectivity index (χ3n) is 3.22. The fourth-order valence-electron chi connectivity index (χ4n) is 2.01. The van der Waals surface area contributed by atoms with Crippen molar-refractivity contribution in [2.24, 2.45) is 0 Å². The first kappa shape index (κ1) is 16.9. The van der Waals surface area contributed by atoms with Gasteiger partial charge in [0.2, 0.25) is 0 Å². The van der Waals surface area contributed by atoms with E-state index in [2.05, 4.69) is 4.72 Å². The van der Waals surface area contributed by atoms with Crippen molar-refractivity contribution in [1.82, 2.24) is 0 Å². The molecular formula is C17H19NO4S. The number of rotatable bonds is 6. The predicted molar refractivity (Wildman–Crippen MR) is 92.3 cm³/mol. The highest BCUT2D eigenvalue weighted by Crippen LogP contribution is 2.33. The van der Waals surface area contributed by atoms with E-state index in [0.717, 1.165) is 16.5 Å². The molecular weight excluding hydrogens is 314 g/mol. The van der Waals surface area contributed by atoms with Crippen LogP contribution in [0.2, 0.25) is 0 Å². The quantitative estimate of drug-likeness (QED) is 0.880. The molecule has 0 fully saturated rings. The number of hydrogen-bond donors (Lipinski definition) is 1. The lowest BCUT2D eigenvalue weighted by atomic mass is 10.2. The van der Waals surface area contributed by atoms with Gasteiger partial charge in [-0.05, 0) is 30.2 Å². The van der Waals surface area contributed by atoms with Gasteiger partial charge >= 0.3 is 0 Å². The zero-order valence-corrected chi connectivity index (χ0v) is 14.1. The van der Waals surface area contributed by atoms with Gasteiger partial charge in [0, 0.05) is 6.07 Å². The first-order chi connectivity index (χ1) is 10.9. The summed E-state index contributed by atoms with van der Waals surface area (Å²) in [5, 5.41) is 1.14. The van der Waals surface area contributed by atoms with Gasteiger partial charge in [0.05, 0.1) is 25.3 Å². The van der Waals surface area contributed by atoms with E-state index in [1.54, 1.807) is 25.1 Å². The van der Waals surface area contributed by atoms with E-state index in [9.17, 15) is 8.42 Å². The third-order valence-corrected chi connectivity index (χ3v) is 4.22. The van der Waals surface area contributed by atoms with Gasteiger partial charge in [0.15, 0.2) is 11.5 Å². The van der Waals surface area contributed by atoms with E-state index in [1.165, 1.54) is 14.2 Å². The highest BCUT2D eigenvalue weighted by molar-refractivity contribution is 7.95. The number of methoxy groups -OCH3 is 2. The van der Waals surface area contributed by atoms with Gasteiger partial charge in [0.1, 0.15) is 0 Å². The van der Waals surface area contributed by atoms with Crippen molar-refractivity contribution in [1.29, 1.82) is 0 Å². The summed E-state index contributed by atoms with van der Waals surface area (Å²) < 4.78 is 37.3. The molecule has 0 radical (unpaired) electrons. The number of hydrogen-bond acceptors (Lipinski definition) is 4. The predicted octanol–water partition coefficient (Wildman–Crippen LogP) is 3.42. The van der Waals surface area contributed by atoms with Crippen LogP contribution in [0.4, 0.5) is 5.69 Å². The highest BCUT2D eigenvalue weighted by Gasteiger charge is 2.12. The van der Waals surface area contributed by atoms with Crippen LogP contribution in [0.25, 0.3) is 6.08 Å². The molecule has 2 aromatic carbocycles. The van der Waals surface area contributed by atoms with Gasteiger partial charge in [-0.1, -0.05) is 30.3 Å². The molecule has 0 amide bonds. The lowest BCUT2D eigenvalue weighted by Crippen LogP contribution is -2.10. The van der Waals surface area contributed by atoms with Gasteiger partial charge in [-0.15, -0.1) is 0 Å². The second-order valence-electron chi connectivity index (χ2n) is 4.88. The molecule has 6 heteroatoms. The van der Waals surface area contributed by atoms with E-state index in [4.69, 9.17) is 9.47 Å². The first-order valence-electron chi connectivity index (χ1n) is 6.94. The highest BCUT2D eigenvalue weighted by atomic mass is 32.2. The van der Waals surface area contributed by atoms with Crippen molar-refractivity contribution < 1.29 is 17.9 Å². The maximum atomic E-state index is 12.2. The lowest BCUT2D eigenvalue weighted by molar-refractivity contribution is 0.355. The molecule has 0 aliphatic rings. The van der Waals surface area contributed by atoms with Crippen molar-refractivity contribution in [3.63, 3.8) is 0 Å². The van der Waals surface area contributed by atoms with Crippen LogP contribution >= 0.6 is 0 Å². The van der Waals surface area contributed by atoms with E-state index >= 15 is 0 Å². The Labute approximate surface area is 136 Å². The molecule has 0 aliphatic heterocycles. The van der Waals surface area contributed by atoms with Gasteiger partial charge in [0.25, 0.3) is 10.0 Å². The fraction of sp³-hybridized carbons (Fsp3) is 0.176. The number of anilines is 1. The Balaban J connectivity index is 2.25. The molecule has 0 aliphatic carbocycles. The second-order valence-corrected chi connectivity index (χ2v) is 6.45. The van der Waals surface area contributed by atoms with Crippen molar-refractivity contribution in [2.75, 3.05) is 18.9 Å². The maximum Gasteiger partial charge on any atom is 0.255 e. The summed E-state index contributed by atoms with van der Waals surface area (Å²) in [7, 11) is -0.595. The van der Waals surface area contributed by atoms with Gasteiger partial charge in [-0.3, -0.25) is 4.72 Å². The van der Waals surface area contributed by atoms with Crippen molar-refractivity contribution in [3.8, 4) is 11.5 Å². The van der Waals surface area contributed by atoms with E-state index in [0.29, 0.717) is 17.2 Å². The standard InChI is InChI=1S/C17H19NO4S/c1-13-11-16(21-2)17(22-3)12-15(13)18-23(19,20)10-9-14-7-5-4-6-8-14/h4-12,18H,1-3H3/b10-9+. The SMILES string of the molecule is COc1cc(C)c(NS(=O)(=O)/C=C/c2ccccc2)cc1OC. The minimum Gasteiger partial charge on any atom is -0.493 e. The number of sulfonamides is 1. The third kappa shape index (κ3) is 4.50. The largest absolute Gasteiger partial charge is 0.493 e. The number of nitrogens with one attached hydrogen (secondary N) is 1. The first-order valence-corrected chi connectivity index (χ1v) is 8.48. The van der Waals surface area contributed by atoms with Crippen LogP contribution in [0.3, 0.4) is 0 Å². The summed E-state index contributed by atoms with van der Waals surface area (Å²) in [5.74, 6) is 1.01. The molecule has 5 nitrogen and oxygen atoms in total. The topological polar surface area (TPSA) is 64.6 Å². The summed E-state index contributed by atoms with van der Waals surface area (Å²) in [5.41, 5.74) is 1.99. The molecule has 0 saturated carbocycles. The molecule has 0 aromatic heterocycles. The van der Waals surface area contributed by atoms with Crippen molar-refractivity contribution in [2.45, 2.75) is 6.92 Å². The Morgan fingerprint density at radius 3 is 2.22 bits per heavy atom. The van der Waals surface area contributed by atoms with Crippen LogP contribution in [0, 0.1) is 6.92 Å². The van der Waals surface area contributed by atoms with Gasteiger partial charge in [-0.2, -0.15) is 0 Å². The average molecular weight is 333 g/mol. The van der Waals surface area contributed by atoms with Crippen LogP contribution in [-0.4, -0.2) is 22.6 Å². The summed E-state index contributed by atoms with van der Waals surface area (Å²) in [6, 6.07) is 12.5. The summed E-state index contributed by atoms with van der Waals surface area (Å²) in [6.07, 6.45) is 1.54. The summed E-state index contributed by atoms with van der Waals surface area (Å²) in [4.78, 5) is 0. The normalized spacial score (nSPS) is 11.4. The minimum absolute atomic E-state index is 0.445. The molecule has 122 valence electrons. The summed E-state index contributed by atoms with van der Waals surface area (Å²) in [6.45, 7) is 1.79. The Kier molecular flexibility index (Phi) is 5.28. The lowest BCUT2D eigenvalue weighted by Gasteiger charge is -2.13. The van der Waals surface area contributed by atoms with Gasteiger partial charge < -0.3 is 9.47 Å². The minimum atomic E-state index is -3.63. The Morgan fingerprint density at radius 2 is 1.61 bits per heavy atom. The van der Waals surface area contributed by atoms with E-state index < -0.39 is 10.0 Å². The Hall–Kier alpha value is -2.47. The van der Waals surface area contributed by atoms with Crippen molar-refractivity contribution in [3.05, 3.63) is 59.0 Å². The summed E-state index contributed by atoms with van der Waals surface area (Å²) >= 11 is 0. The average Bonchev–Trinajstić information content (AvgIpc) is 2.55. The van der Waals surface area contributed by atoms with Crippen LogP contribution in [0.5, 0.6) is 11.5 Å². The molecule has 23 heavy (non-hydrogen) atoms. The van der Waals surface area contributed by atoms with Crippen LogP contribution in [0.15, 0.2) is 47.9 Å². The molecule has 1 N–H and O–H groups in total.